The molecule has 1 nitrogen and oxygen atoms in total. The van der Waals surface area contributed by atoms with E-state index in [1.807, 2.05) is 0 Å². The topological polar surface area (TPSA) is 15.8 Å². The molecule has 4 aromatic carbocycles. The van der Waals surface area contributed by atoms with Gasteiger partial charge in [-0.25, -0.2) is 0 Å². The van der Waals surface area contributed by atoms with Crippen LogP contribution in [0.15, 0.2) is 72.8 Å². The van der Waals surface area contributed by atoms with Crippen LogP contribution in [0.5, 0.6) is 0 Å². The van der Waals surface area contributed by atoms with Crippen molar-refractivity contribution in [2.45, 2.75) is 27.7 Å². The summed E-state index contributed by atoms with van der Waals surface area (Å²) in [5.74, 6) is 0. The van der Waals surface area contributed by atoms with Crippen molar-refractivity contribution in [3.8, 4) is 22.3 Å². The van der Waals surface area contributed by atoms with Crippen molar-refractivity contribution >= 4 is 21.8 Å². The van der Waals surface area contributed by atoms with Gasteiger partial charge < -0.3 is 4.98 Å². The minimum atomic E-state index is 1.19. The molecule has 29 heavy (non-hydrogen) atoms. The zero-order chi connectivity index (χ0) is 20.1. The van der Waals surface area contributed by atoms with Crippen LogP contribution in [-0.4, -0.2) is 4.98 Å². The van der Waals surface area contributed by atoms with E-state index in [0.717, 1.165) is 0 Å². The second-order valence-electron chi connectivity index (χ2n) is 8.37. The second-order valence-corrected chi connectivity index (χ2v) is 8.37. The maximum atomic E-state index is 3.62. The molecule has 1 N–H and O–H groups in total. The number of nitrogens with one attached hydrogen (secondary N) is 1. The Morgan fingerprint density at radius 2 is 1.14 bits per heavy atom. The van der Waals surface area contributed by atoms with Gasteiger partial charge in [0.15, 0.2) is 0 Å². The molecular formula is C28H25N. The van der Waals surface area contributed by atoms with Crippen molar-refractivity contribution in [1.29, 1.82) is 0 Å². The molecule has 0 amide bonds. The molecule has 0 aliphatic rings. The van der Waals surface area contributed by atoms with Crippen LogP contribution in [0.3, 0.4) is 0 Å². The van der Waals surface area contributed by atoms with Gasteiger partial charge in [-0.1, -0.05) is 76.9 Å². The Labute approximate surface area is 172 Å². The van der Waals surface area contributed by atoms with Crippen molar-refractivity contribution in [2.75, 3.05) is 0 Å². The van der Waals surface area contributed by atoms with Crippen molar-refractivity contribution in [2.24, 2.45) is 0 Å². The largest absolute Gasteiger partial charge is 0.354 e. The highest BCUT2D eigenvalue weighted by Crippen LogP contribution is 2.37. The highest BCUT2D eigenvalue weighted by molar-refractivity contribution is 6.15. The van der Waals surface area contributed by atoms with Crippen LogP contribution in [0.2, 0.25) is 0 Å². The van der Waals surface area contributed by atoms with E-state index in [0.29, 0.717) is 0 Å². The highest BCUT2D eigenvalue weighted by atomic mass is 14.7. The molecule has 5 aromatic rings. The maximum Gasteiger partial charge on any atom is 0.0471 e. The van der Waals surface area contributed by atoms with Gasteiger partial charge in [-0.2, -0.15) is 0 Å². The predicted molar refractivity (Wildman–Crippen MR) is 126 cm³/mol. The van der Waals surface area contributed by atoms with E-state index in [4.69, 9.17) is 0 Å². The van der Waals surface area contributed by atoms with Gasteiger partial charge in [0.25, 0.3) is 0 Å². The maximum absolute atomic E-state index is 3.62. The van der Waals surface area contributed by atoms with Gasteiger partial charge in [0.2, 0.25) is 0 Å². The van der Waals surface area contributed by atoms with Crippen LogP contribution in [0.1, 0.15) is 22.3 Å². The summed E-state index contributed by atoms with van der Waals surface area (Å²) in [5.41, 5.74) is 12.7. The number of rotatable bonds is 2. The zero-order valence-electron chi connectivity index (χ0n) is 17.4. The fourth-order valence-electron chi connectivity index (χ4n) is 4.64. The molecule has 1 heteroatoms. The minimum absolute atomic E-state index is 1.19. The van der Waals surface area contributed by atoms with Crippen LogP contribution < -0.4 is 0 Å². The predicted octanol–water partition coefficient (Wildman–Crippen LogP) is 7.89. The average molecular weight is 376 g/mol. The van der Waals surface area contributed by atoms with E-state index in [-0.39, 0.29) is 0 Å². The number of benzene rings is 4. The third-order valence-electron chi connectivity index (χ3n) is 5.71. The summed E-state index contributed by atoms with van der Waals surface area (Å²) in [6.45, 7) is 8.67. The summed E-state index contributed by atoms with van der Waals surface area (Å²) >= 11 is 0. The lowest BCUT2D eigenvalue weighted by molar-refractivity contribution is 1.38. The highest BCUT2D eigenvalue weighted by Gasteiger charge is 2.12. The molecule has 0 bridgehead atoms. The van der Waals surface area contributed by atoms with E-state index < -0.39 is 0 Å². The number of fused-ring (bicyclic) bond motifs is 3. The van der Waals surface area contributed by atoms with Crippen molar-refractivity contribution in [1.82, 2.24) is 4.98 Å². The Morgan fingerprint density at radius 1 is 0.517 bits per heavy atom. The Bertz CT molecular complexity index is 1340. The average Bonchev–Trinajstić information content (AvgIpc) is 3.04. The SMILES string of the molecule is Cc1cc(C)cc(-c2ccc3[nH]c4cccc(-c5cc(C)cc(C)c5)c4c3c2)c1. The lowest BCUT2D eigenvalue weighted by atomic mass is 9.95. The number of hydrogen-bond acceptors (Lipinski definition) is 0. The van der Waals surface area contributed by atoms with Crippen molar-refractivity contribution in [3.63, 3.8) is 0 Å². The van der Waals surface area contributed by atoms with Crippen LogP contribution in [0.4, 0.5) is 0 Å². The number of aromatic nitrogens is 1. The van der Waals surface area contributed by atoms with Crippen molar-refractivity contribution in [3.05, 3.63) is 95.1 Å². The zero-order valence-corrected chi connectivity index (χ0v) is 17.4. The Morgan fingerprint density at radius 3 is 1.79 bits per heavy atom. The van der Waals surface area contributed by atoms with Crippen LogP contribution in [0.25, 0.3) is 44.1 Å². The number of aryl methyl sites for hydroxylation is 4. The minimum Gasteiger partial charge on any atom is -0.354 e. The summed E-state index contributed by atoms with van der Waals surface area (Å²) in [6, 6.07) is 26.9. The van der Waals surface area contributed by atoms with Gasteiger partial charge in [0.1, 0.15) is 0 Å². The van der Waals surface area contributed by atoms with E-state index in [9.17, 15) is 0 Å². The fraction of sp³-hybridized carbons (Fsp3) is 0.143. The first-order chi connectivity index (χ1) is 14.0. The monoisotopic (exact) mass is 375 g/mol. The van der Waals surface area contributed by atoms with Gasteiger partial charge in [-0.05, 0) is 68.1 Å². The quantitative estimate of drug-likeness (QED) is 0.323. The normalized spacial score (nSPS) is 11.4. The lowest BCUT2D eigenvalue weighted by Crippen LogP contribution is -1.85. The van der Waals surface area contributed by atoms with Crippen molar-refractivity contribution < 1.29 is 0 Å². The van der Waals surface area contributed by atoms with Gasteiger partial charge in [-0.15, -0.1) is 0 Å². The molecule has 0 atom stereocenters. The molecule has 0 saturated carbocycles. The molecule has 5 rings (SSSR count). The molecule has 0 fully saturated rings. The number of aromatic amines is 1. The smallest absolute Gasteiger partial charge is 0.0471 e. The first-order valence-corrected chi connectivity index (χ1v) is 10.2. The molecule has 142 valence electrons. The summed E-state index contributed by atoms with van der Waals surface area (Å²) in [6.07, 6.45) is 0. The van der Waals surface area contributed by atoms with E-state index in [2.05, 4.69) is 105 Å². The molecule has 0 spiro atoms. The Kier molecular flexibility index (Phi) is 4.06. The third kappa shape index (κ3) is 3.13. The standard InChI is InChI=1S/C28H25N/c1-17-10-18(2)13-22(12-17)21-8-9-26-25(16-21)28-24(6-5-7-27(28)29-26)23-14-19(3)11-20(4)15-23/h5-16,29H,1-4H3. The summed E-state index contributed by atoms with van der Waals surface area (Å²) < 4.78 is 0. The fourth-order valence-corrected chi connectivity index (χ4v) is 4.64. The van der Waals surface area contributed by atoms with Gasteiger partial charge >= 0.3 is 0 Å². The summed E-state index contributed by atoms with van der Waals surface area (Å²) in [4.78, 5) is 3.62. The number of H-pyrrole nitrogens is 1. The first-order valence-electron chi connectivity index (χ1n) is 10.2. The summed E-state index contributed by atoms with van der Waals surface area (Å²) in [5, 5.41) is 2.59. The number of hydrogen-bond donors (Lipinski definition) is 1. The molecular weight excluding hydrogens is 350 g/mol. The Balaban J connectivity index is 1.80. The molecule has 1 aromatic heterocycles. The van der Waals surface area contributed by atoms with E-state index in [1.165, 1.54) is 66.3 Å². The molecule has 0 radical (unpaired) electrons. The van der Waals surface area contributed by atoms with E-state index >= 15 is 0 Å². The van der Waals surface area contributed by atoms with Crippen LogP contribution in [0, 0.1) is 27.7 Å². The molecule has 0 aliphatic heterocycles. The van der Waals surface area contributed by atoms with Crippen LogP contribution >= 0.6 is 0 Å². The van der Waals surface area contributed by atoms with Crippen LogP contribution in [-0.2, 0) is 0 Å². The Hall–Kier alpha value is -3.32. The summed E-state index contributed by atoms with van der Waals surface area (Å²) in [7, 11) is 0. The molecule has 0 saturated heterocycles. The van der Waals surface area contributed by atoms with E-state index in [1.54, 1.807) is 0 Å². The second kappa shape index (κ2) is 6.63. The van der Waals surface area contributed by atoms with Gasteiger partial charge in [0, 0.05) is 21.8 Å². The molecule has 1 heterocycles. The lowest BCUT2D eigenvalue weighted by Gasteiger charge is -2.09. The third-order valence-corrected chi connectivity index (χ3v) is 5.71. The van der Waals surface area contributed by atoms with Gasteiger partial charge in [0.05, 0.1) is 0 Å². The van der Waals surface area contributed by atoms with Gasteiger partial charge in [-0.3, -0.25) is 0 Å². The molecule has 0 unspecified atom stereocenters. The first kappa shape index (κ1) is 17.8. The molecule has 0 aliphatic carbocycles.